The van der Waals surface area contributed by atoms with Gasteiger partial charge in [-0.05, 0) is 49.3 Å². The van der Waals surface area contributed by atoms with E-state index < -0.39 is 12.1 Å². The predicted octanol–water partition coefficient (Wildman–Crippen LogP) is 1.56. The monoisotopic (exact) mass is 388 g/mol. The van der Waals surface area contributed by atoms with Crippen molar-refractivity contribution in [2.24, 2.45) is 5.41 Å². The van der Waals surface area contributed by atoms with Crippen molar-refractivity contribution >= 4 is 17.9 Å². The normalized spacial score (nSPS) is 20.0. The first kappa shape index (κ1) is 20.1. The highest BCUT2D eigenvalue weighted by molar-refractivity contribution is 5.85. The van der Waals surface area contributed by atoms with Gasteiger partial charge in [-0.3, -0.25) is 14.6 Å². The number of ether oxygens (including phenoxy) is 1. The number of piperidine rings is 2. The standard InChI is InChI=1S/C20H28N4O4/c1-15(22-19(27)28-2)18(26)23-11-7-20(8-12-23)6-3-17(25)24(14-20)13-16-4-9-21-10-5-16/h4-5,9-10,15H,3,6-8,11-14H2,1-2H3,(H,22,27)/t15-/m0/s1. The molecule has 1 spiro atoms. The van der Waals surface area contributed by atoms with Crippen molar-refractivity contribution < 1.29 is 19.1 Å². The molecule has 2 fully saturated rings. The van der Waals surface area contributed by atoms with Crippen molar-refractivity contribution in [1.82, 2.24) is 20.1 Å². The molecule has 3 rings (SSSR count). The van der Waals surface area contributed by atoms with Gasteiger partial charge in [0.15, 0.2) is 0 Å². The zero-order valence-corrected chi connectivity index (χ0v) is 16.5. The molecule has 8 heteroatoms. The Bertz CT molecular complexity index is 716. The Morgan fingerprint density at radius 2 is 1.93 bits per heavy atom. The lowest BCUT2D eigenvalue weighted by Gasteiger charge is -2.47. The average molecular weight is 388 g/mol. The summed E-state index contributed by atoms with van der Waals surface area (Å²) in [7, 11) is 1.28. The molecule has 1 atom stereocenters. The van der Waals surface area contributed by atoms with E-state index in [0.717, 1.165) is 31.4 Å². The second-order valence-corrected chi connectivity index (χ2v) is 7.79. The lowest BCUT2D eigenvalue weighted by atomic mass is 9.72. The lowest BCUT2D eigenvalue weighted by molar-refractivity contribution is -0.143. The SMILES string of the molecule is COC(=O)N[C@@H](C)C(=O)N1CCC2(CCC(=O)N(Cc3ccncc3)C2)CC1. The number of alkyl carbamates (subject to hydrolysis) is 1. The van der Waals surface area contributed by atoms with E-state index in [-0.39, 0.29) is 17.2 Å². The minimum absolute atomic E-state index is 0.0662. The molecular formula is C20H28N4O4. The number of carbonyl (C=O) groups excluding carboxylic acids is 3. The third kappa shape index (κ3) is 4.61. The molecule has 0 bridgehead atoms. The van der Waals surface area contributed by atoms with Crippen LogP contribution in [0.5, 0.6) is 0 Å². The maximum absolute atomic E-state index is 12.6. The van der Waals surface area contributed by atoms with E-state index in [9.17, 15) is 14.4 Å². The van der Waals surface area contributed by atoms with Crippen LogP contribution in [0.4, 0.5) is 4.79 Å². The van der Waals surface area contributed by atoms with Crippen LogP contribution in [0.2, 0.25) is 0 Å². The number of hydrogen-bond donors (Lipinski definition) is 1. The molecule has 1 aromatic heterocycles. The predicted molar refractivity (Wildman–Crippen MR) is 102 cm³/mol. The van der Waals surface area contributed by atoms with Gasteiger partial charge in [-0.15, -0.1) is 0 Å². The second-order valence-electron chi connectivity index (χ2n) is 7.79. The average Bonchev–Trinajstić information content (AvgIpc) is 2.71. The molecule has 0 radical (unpaired) electrons. The van der Waals surface area contributed by atoms with Crippen LogP contribution < -0.4 is 5.32 Å². The molecule has 1 N–H and O–H groups in total. The van der Waals surface area contributed by atoms with Gasteiger partial charge in [-0.2, -0.15) is 0 Å². The van der Waals surface area contributed by atoms with Gasteiger partial charge >= 0.3 is 6.09 Å². The number of nitrogens with zero attached hydrogens (tertiary/aromatic N) is 3. The van der Waals surface area contributed by atoms with Crippen LogP contribution in [0.3, 0.4) is 0 Å². The van der Waals surface area contributed by atoms with Crippen LogP contribution >= 0.6 is 0 Å². The Kier molecular flexibility index (Phi) is 6.16. The third-order valence-corrected chi connectivity index (χ3v) is 5.90. The molecular weight excluding hydrogens is 360 g/mol. The highest BCUT2D eigenvalue weighted by Crippen LogP contribution is 2.40. The fourth-order valence-electron chi connectivity index (χ4n) is 4.14. The van der Waals surface area contributed by atoms with Crippen molar-refractivity contribution in [1.29, 1.82) is 0 Å². The minimum Gasteiger partial charge on any atom is -0.453 e. The van der Waals surface area contributed by atoms with Crippen molar-refractivity contribution in [2.75, 3.05) is 26.7 Å². The maximum atomic E-state index is 12.6. The van der Waals surface area contributed by atoms with Gasteiger partial charge in [0.1, 0.15) is 6.04 Å². The molecule has 152 valence electrons. The summed E-state index contributed by atoms with van der Waals surface area (Å²) in [4.78, 5) is 44.1. The van der Waals surface area contributed by atoms with Crippen LogP contribution in [-0.2, 0) is 20.9 Å². The molecule has 0 saturated carbocycles. The quantitative estimate of drug-likeness (QED) is 0.845. The van der Waals surface area contributed by atoms with E-state index in [4.69, 9.17) is 0 Å². The molecule has 0 aliphatic carbocycles. The van der Waals surface area contributed by atoms with Crippen LogP contribution in [0, 0.1) is 5.41 Å². The molecule has 3 heterocycles. The zero-order valence-electron chi connectivity index (χ0n) is 16.5. The highest BCUT2D eigenvalue weighted by Gasteiger charge is 2.42. The molecule has 2 aliphatic rings. The van der Waals surface area contributed by atoms with E-state index in [1.807, 2.05) is 17.0 Å². The van der Waals surface area contributed by atoms with Crippen molar-refractivity contribution in [3.63, 3.8) is 0 Å². The van der Waals surface area contributed by atoms with Gasteiger partial charge in [-0.25, -0.2) is 4.79 Å². The number of methoxy groups -OCH3 is 1. The van der Waals surface area contributed by atoms with Crippen LogP contribution in [0.1, 0.15) is 38.2 Å². The minimum atomic E-state index is -0.613. The first-order chi connectivity index (χ1) is 13.4. The molecule has 2 aliphatic heterocycles. The summed E-state index contributed by atoms with van der Waals surface area (Å²) in [6.07, 6.45) is 6.04. The fraction of sp³-hybridized carbons (Fsp3) is 0.600. The van der Waals surface area contributed by atoms with E-state index in [2.05, 4.69) is 15.0 Å². The van der Waals surface area contributed by atoms with Gasteiger partial charge in [0.05, 0.1) is 7.11 Å². The van der Waals surface area contributed by atoms with Crippen molar-refractivity contribution in [3.05, 3.63) is 30.1 Å². The third-order valence-electron chi connectivity index (χ3n) is 5.90. The van der Waals surface area contributed by atoms with Crippen molar-refractivity contribution in [3.8, 4) is 0 Å². The first-order valence-electron chi connectivity index (χ1n) is 9.72. The smallest absolute Gasteiger partial charge is 0.407 e. The summed E-state index contributed by atoms with van der Waals surface area (Å²) in [6.45, 7) is 4.28. The highest BCUT2D eigenvalue weighted by atomic mass is 16.5. The number of carbonyl (C=O) groups is 3. The lowest BCUT2D eigenvalue weighted by Crippen LogP contribution is -2.54. The molecule has 0 unspecified atom stereocenters. The van der Waals surface area contributed by atoms with E-state index in [0.29, 0.717) is 26.1 Å². The summed E-state index contributed by atoms with van der Waals surface area (Å²) < 4.78 is 4.56. The van der Waals surface area contributed by atoms with Crippen LogP contribution in [-0.4, -0.2) is 65.5 Å². The molecule has 28 heavy (non-hydrogen) atoms. The molecule has 1 aromatic rings. The van der Waals surface area contributed by atoms with E-state index in [1.54, 1.807) is 24.2 Å². The van der Waals surface area contributed by atoms with Gasteiger partial charge in [0, 0.05) is 45.0 Å². The number of rotatable bonds is 4. The Morgan fingerprint density at radius 1 is 1.25 bits per heavy atom. The Hall–Kier alpha value is -2.64. The fourth-order valence-corrected chi connectivity index (χ4v) is 4.14. The van der Waals surface area contributed by atoms with Crippen molar-refractivity contribution in [2.45, 2.75) is 45.2 Å². The number of pyridine rings is 1. The summed E-state index contributed by atoms with van der Waals surface area (Å²) >= 11 is 0. The summed E-state index contributed by atoms with van der Waals surface area (Å²) in [5.41, 5.74) is 1.15. The maximum Gasteiger partial charge on any atom is 0.407 e. The van der Waals surface area contributed by atoms with Gasteiger partial charge < -0.3 is 19.9 Å². The van der Waals surface area contributed by atoms with Gasteiger partial charge in [0.25, 0.3) is 0 Å². The van der Waals surface area contributed by atoms with Gasteiger partial charge in [0.2, 0.25) is 11.8 Å². The number of amides is 3. The Morgan fingerprint density at radius 3 is 2.57 bits per heavy atom. The van der Waals surface area contributed by atoms with Crippen LogP contribution in [0.15, 0.2) is 24.5 Å². The molecule has 0 aromatic carbocycles. The molecule has 2 saturated heterocycles. The van der Waals surface area contributed by atoms with Gasteiger partial charge in [-0.1, -0.05) is 0 Å². The second kappa shape index (κ2) is 8.58. The summed E-state index contributed by atoms with van der Waals surface area (Å²) in [6, 6.07) is 3.26. The first-order valence-corrected chi connectivity index (χ1v) is 9.72. The van der Waals surface area contributed by atoms with E-state index >= 15 is 0 Å². The summed E-state index contributed by atoms with van der Waals surface area (Å²) in [5.74, 6) is 0.0950. The number of aromatic nitrogens is 1. The topological polar surface area (TPSA) is 91.8 Å². The number of hydrogen-bond acceptors (Lipinski definition) is 5. The number of nitrogens with one attached hydrogen (secondary N) is 1. The Balaban J connectivity index is 1.57. The molecule has 3 amide bonds. The van der Waals surface area contributed by atoms with Crippen LogP contribution in [0.25, 0.3) is 0 Å². The summed E-state index contributed by atoms with van der Waals surface area (Å²) in [5, 5.41) is 2.53. The largest absolute Gasteiger partial charge is 0.453 e. The zero-order chi connectivity index (χ0) is 20.1. The Labute approximate surface area is 165 Å². The molecule has 8 nitrogen and oxygen atoms in total. The van der Waals surface area contributed by atoms with E-state index in [1.165, 1.54) is 7.11 Å². The number of likely N-dealkylation sites (tertiary alicyclic amines) is 2.